The molecule has 0 unspecified atom stereocenters. The fraction of sp³-hybridized carbons (Fsp3) is 0.222. The highest BCUT2D eigenvalue weighted by Gasteiger charge is 2.13. The van der Waals surface area contributed by atoms with Gasteiger partial charge in [0.15, 0.2) is 5.78 Å². The van der Waals surface area contributed by atoms with E-state index in [1.165, 1.54) is 30.3 Å². The summed E-state index contributed by atoms with van der Waals surface area (Å²) in [6, 6.07) is 11.7. The Hall–Kier alpha value is -2.58. The molecule has 0 atom stereocenters. The Labute approximate surface area is 151 Å². The van der Waals surface area contributed by atoms with Crippen molar-refractivity contribution in [2.45, 2.75) is 24.2 Å². The van der Waals surface area contributed by atoms with Gasteiger partial charge in [0.25, 0.3) is 0 Å². The standard InChI is InChI=1S/C18H19FN2O4S/c19-16-4-2-1-3-15(16)17(22)9-10-18(23)21-12-11-13-5-7-14(8-6-13)26(20,24)25/h1-8H,9-12H2,(H,21,23)(H2,20,24,25). The lowest BCUT2D eigenvalue weighted by Crippen LogP contribution is -2.26. The van der Waals surface area contributed by atoms with E-state index in [9.17, 15) is 22.4 Å². The molecule has 138 valence electrons. The van der Waals surface area contributed by atoms with Gasteiger partial charge in [0.05, 0.1) is 10.5 Å². The number of hydrogen-bond donors (Lipinski definition) is 2. The van der Waals surface area contributed by atoms with Gasteiger partial charge < -0.3 is 5.32 Å². The van der Waals surface area contributed by atoms with Gasteiger partial charge in [-0.15, -0.1) is 0 Å². The molecule has 0 aromatic heterocycles. The summed E-state index contributed by atoms with van der Waals surface area (Å²) in [5.74, 6) is -1.33. The van der Waals surface area contributed by atoms with Crippen LogP contribution in [0.2, 0.25) is 0 Å². The molecule has 0 spiro atoms. The van der Waals surface area contributed by atoms with Crippen molar-refractivity contribution in [3.8, 4) is 0 Å². The van der Waals surface area contributed by atoms with E-state index in [1.807, 2.05) is 0 Å². The average molecular weight is 378 g/mol. The Balaban J connectivity index is 1.75. The lowest BCUT2D eigenvalue weighted by molar-refractivity contribution is -0.121. The fourth-order valence-corrected chi connectivity index (χ4v) is 2.84. The first kappa shape index (κ1) is 19.7. The van der Waals surface area contributed by atoms with Crippen molar-refractivity contribution >= 4 is 21.7 Å². The largest absolute Gasteiger partial charge is 0.356 e. The van der Waals surface area contributed by atoms with Gasteiger partial charge in [0, 0.05) is 19.4 Å². The SMILES string of the molecule is NS(=O)(=O)c1ccc(CCNC(=O)CCC(=O)c2ccccc2F)cc1. The highest BCUT2D eigenvalue weighted by Crippen LogP contribution is 2.11. The van der Waals surface area contributed by atoms with Gasteiger partial charge >= 0.3 is 0 Å². The molecule has 0 saturated heterocycles. The molecule has 6 nitrogen and oxygen atoms in total. The van der Waals surface area contributed by atoms with Crippen LogP contribution in [-0.2, 0) is 21.2 Å². The van der Waals surface area contributed by atoms with E-state index in [1.54, 1.807) is 18.2 Å². The first-order valence-corrected chi connectivity index (χ1v) is 9.48. The number of amides is 1. The third-order valence-electron chi connectivity index (χ3n) is 3.74. The number of sulfonamides is 1. The molecular weight excluding hydrogens is 359 g/mol. The van der Waals surface area contributed by atoms with Crippen molar-refractivity contribution in [2.24, 2.45) is 5.14 Å². The van der Waals surface area contributed by atoms with Crippen molar-refractivity contribution in [1.82, 2.24) is 5.32 Å². The molecule has 0 aliphatic carbocycles. The molecular formula is C18H19FN2O4S. The summed E-state index contributed by atoms with van der Waals surface area (Å²) in [6.45, 7) is 0.335. The third-order valence-corrected chi connectivity index (χ3v) is 4.67. The second-order valence-electron chi connectivity index (χ2n) is 5.69. The summed E-state index contributed by atoms with van der Waals surface area (Å²) in [5.41, 5.74) is 0.815. The Morgan fingerprint density at radius 1 is 1.00 bits per heavy atom. The van der Waals surface area contributed by atoms with Crippen molar-refractivity contribution < 1.29 is 22.4 Å². The van der Waals surface area contributed by atoms with Crippen LogP contribution in [0.25, 0.3) is 0 Å². The van der Waals surface area contributed by atoms with Crippen LogP contribution in [0.4, 0.5) is 4.39 Å². The predicted octanol–water partition coefficient (Wildman–Crippen LogP) is 1.79. The maximum atomic E-state index is 13.5. The van der Waals surface area contributed by atoms with E-state index in [0.717, 1.165) is 5.56 Å². The summed E-state index contributed by atoms with van der Waals surface area (Å²) in [4.78, 5) is 23.7. The monoisotopic (exact) mass is 378 g/mol. The Bertz CT molecular complexity index is 896. The molecule has 0 heterocycles. The second kappa shape index (κ2) is 8.68. The van der Waals surface area contributed by atoms with Crippen molar-refractivity contribution in [3.05, 3.63) is 65.5 Å². The number of hydrogen-bond acceptors (Lipinski definition) is 4. The minimum Gasteiger partial charge on any atom is -0.356 e. The molecule has 0 bridgehead atoms. The molecule has 0 saturated carbocycles. The first-order chi connectivity index (χ1) is 12.3. The number of rotatable bonds is 8. The minimum atomic E-state index is -3.72. The number of carbonyl (C=O) groups is 2. The molecule has 1 amide bonds. The molecule has 0 aliphatic rings. The molecule has 2 aromatic rings. The highest BCUT2D eigenvalue weighted by atomic mass is 32.2. The van der Waals surface area contributed by atoms with Crippen LogP contribution in [0.15, 0.2) is 53.4 Å². The summed E-state index contributed by atoms with van der Waals surface area (Å²) < 4.78 is 35.8. The third kappa shape index (κ3) is 5.75. The smallest absolute Gasteiger partial charge is 0.238 e. The maximum Gasteiger partial charge on any atom is 0.238 e. The minimum absolute atomic E-state index is 0.0183. The van der Waals surface area contributed by atoms with Crippen LogP contribution in [-0.4, -0.2) is 26.7 Å². The van der Waals surface area contributed by atoms with Crippen molar-refractivity contribution in [2.75, 3.05) is 6.54 Å². The highest BCUT2D eigenvalue weighted by molar-refractivity contribution is 7.89. The zero-order chi connectivity index (χ0) is 19.2. The Morgan fingerprint density at radius 2 is 1.65 bits per heavy atom. The molecule has 2 aromatic carbocycles. The Kier molecular flexibility index (Phi) is 6.59. The van der Waals surface area contributed by atoms with Gasteiger partial charge in [-0.1, -0.05) is 24.3 Å². The van der Waals surface area contributed by atoms with Crippen LogP contribution in [0.5, 0.6) is 0 Å². The first-order valence-electron chi connectivity index (χ1n) is 7.93. The van der Waals surface area contributed by atoms with E-state index in [-0.39, 0.29) is 29.2 Å². The number of benzene rings is 2. The number of carbonyl (C=O) groups excluding carboxylic acids is 2. The topological polar surface area (TPSA) is 106 Å². The summed E-state index contributed by atoms with van der Waals surface area (Å²) in [5, 5.41) is 7.69. The average Bonchev–Trinajstić information content (AvgIpc) is 2.60. The molecule has 2 rings (SSSR count). The molecule has 3 N–H and O–H groups in total. The van der Waals surface area contributed by atoms with E-state index in [2.05, 4.69) is 5.32 Å². The van der Waals surface area contributed by atoms with Crippen LogP contribution < -0.4 is 10.5 Å². The van der Waals surface area contributed by atoms with Gasteiger partial charge in [0.1, 0.15) is 5.82 Å². The van der Waals surface area contributed by atoms with E-state index < -0.39 is 21.6 Å². The summed E-state index contributed by atoms with van der Waals surface area (Å²) in [7, 11) is -3.72. The second-order valence-corrected chi connectivity index (χ2v) is 7.25. The Morgan fingerprint density at radius 3 is 2.27 bits per heavy atom. The number of halogens is 1. The summed E-state index contributed by atoms with van der Waals surface area (Å²) in [6.07, 6.45) is 0.394. The lowest BCUT2D eigenvalue weighted by Gasteiger charge is -2.06. The normalized spacial score (nSPS) is 11.2. The van der Waals surface area contributed by atoms with Gasteiger partial charge in [-0.05, 0) is 36.2 Å². The quantitative estimate of drug-likeness (QED) is 0.683. The number of Topliss-reactive ketones (excluding diaryl/α,β-unsaturated/α-hetero) is 1. The van der Waals surface area contributed by atoms with Gasteiger partial charge in [0.2, 0.25) is 15.9 Å². The van der Waals surface area contributed by atoms with E-state index in [0.29, 0.717) is 13.0 Å². The molecule has 0 radical (unpaired) electrons. The van der Waals surface area contributed by atoms with Crippen molar-refractivity contribution in [3.63, 3.8) is 0 Å². The van der Waals surface area contributed by atoms with Crippen LogP contribution in [0.1, 0.15) is 28.8 Å². The lowest BCUT2D eigenvalue weighted by atomic mass is 10.1. The van der Waals surface area contributed by atoms with Crippen LogP contribution in [0.3, 0.4) is 0 Å². The van der Waals surface area contributed by atoms with Gasteiger partial charge in [-0.3, -0.25) is 9.59 Å². The zero-order valence-electron chi connectivity index (χ0n) is 13.9. The molecule has 26 heavy (non-hydrogen) atoms. The predicted molar refractivity (Wildman–Crippen MR) is 94.5 cm³/mol. The molecule has 0 fully saturated rings. The van der Waals surface area contributed by atoms with Crippen LogP contribution in [0, 0.1) is 5.82 Å². The number of primary sulfonamides is 1. The number of ketones is 1. The molecule has 0 aliphatic heterocycles. The number of nitrogens with two attached hydrogens (primary N) is 1. The summed E-state index contributed by atoms with van der Waals surface area (Å²) >= 11 is 0. The van der Waals surface area contributed by atoms with E-state index in [4.69, 9.17) is 5.14 Å². The maximum absolute atomic E-state index is 13.5. The van der Waals surface area contributed by atoms with Gasteiger partial charge in [-0.25, -0.2) is 17.9 Å². The van der Waals surface area contributed by atoms with E-state index >= 15 is 0 Å². The van der Waals surface area contributed by atoms with Gasteiger partial charge in [-0.2, -0.15) is 0 Å². The molecule has 8 heteroatoms. The number of nitrogens with one attached hydrogen (secondary N) is 1. The van der Waals surface area contributed by atoms with Crippen molar-refractivity contribution in [1.29, 1.82) is 0 Å². The fourth-order valence-electron chi connectivity index (χ4n) is 2.33. The zero-order valence-corrected chi connectivity index (χ0v) is 14.8. The van der Waals surface area contributed by atoms with Crippen LogP contribution >= 0.6 is 0 Å².